The summed E-state index contributed by atoms with van der Waals surface area (Å²) in [5, 5.41) is 14.2. The SMILES string of the molecule is CC(C)(CNC(=O)NCCc1nnc2n1CCCCC2)c1ccccc1F. The van der Waals surface area contributed by atoms with Crippen LogP contribution in [0.2, 0.25) is 0 Å². The van der Waals surface area contributed by atoms with Crippen LogP contribution in [0.1, 0.15) is 50.3 Å². The molecule has 0 aliphatic carbocycles. The third-order valence-corrected chi connectivity index (χ3v) is 5.11. The Morgan fingerprint density at radius 1 is 1.19 bits per heavy atom. The molecule has 1 aliphatic rings. The quantitative estimate of drug-likeness (QED) is 0.818. The number of urea groups is 1. The van der Waals surface area contributed by atoms with Gasteiger partial charge in [-0.1, -0.05) is 38.5 Å². The largest absolute Gasteiger partial charge is 0.338 e. The molecule has 0 fully saturated rings. The molecule has 146 valence electrons. The smallest absolute Gasteiger partial charge is 0.314 e. The summed E-state index contributed by atoms with van der Waals surface area (Å²) in [4.78, 5) is 12.1. The van der Waals surface area contributed by atoms with Crippen LogP contribution in [0.5, 0.6) is 0 Å². The average Bonchev–Trinajstić information content (AvgIpc) is 2.87. The van der Waals surface area contributed by atoms with Gasteiger partial charge in [0, 0.05) is 37.9 Å². The van der Waals surface area contributed by atoms with Gasteiger partial charge in [-0.15, -0.1) is 10.2 Å². The summed E-state index contributed by atoms with van der Waals surface area (Å²) in [5.74, 6) is 1.73. The Balaban J connectivity index is 1.46. The van der Waals surface area contributed by atoms with Gasteiger partial charge in [0.1, 0.15) is 17.5 Å². The van der Waals surface area contributed by atoms with Gasteiger partial charge < -0.3 is 15.2 Å². The highest BCUT2D eigenvalue weighted by Gasteiger charge is 2.24. The Kier molecular flexibility index (Phi) is 6.08. The summed E-state index contributed by atoms with van der Waals surface area (Å²) in [5.41, 5.74) is 0.101. The number of benzene rings is 1. The number of halogens is 1. The molecule has 0 saturated heterocycles. The monoisotopic (exact) mass is 373 g/mol. The van der Waals surface area contributed by atoms with E-state index in [4.69, 9.17) is 0 Å². The lowest BCUT2D eigenvalue weighted by Crippen LogP contribution is -2.43. The fraction of sp³-hybridized carbons (Fsp3) is 0.550. The van der Waals surface area contributed by atoms with Crippen molar-refractivity contribution in [1.29, 1.82) is 0 Å². The number of carbonyl (C=O) groups excluding carboxylic acids is 1. The van der Waals surface area contributed by atoms with Crippen LogP contribution < -0.4 is 10.6 Å². The number of nitrogens with one attached hydrogen (secondary N) is 2. The van der Waals surface area contributed by atoms with Gasteiger partial charge in [-0.25, -0.2) is 9.18 Å². The highest BCUT2D eigenvalue weighted by atomic mass is 19.1. The summed E-state index contributed by atoms with van der Waals surface area (Å²) in [6.45, 7) is 5.62. The molecule has 2 amide bonds. The molecule has 2 N–H and O–H groups in total. The fourth-order valence-corrected chi connectivity index (χ4v) is 3.49. The molecule has 1 aromatic carbocycles. The third-order valence-electron chi connectivity index (χ3n) is 5.11. The van der Waals surface area contributed by atoms with Gasteiger partial charge in [-0.05, 0) is 24.5 Å². The predicted molar refractivity (Wildman–Crippen MR) is 102 cm³/mol. The van der Waals surface area contributed by atoms with Crippen LogP contribution in [0, 0.1) is 5.82 Å². The van der Waals surface area contributed by atoms with E-state index in [0.717, 1.165) is 37.5 Å². The maximum Gasteiger partial charge on any atom is 0.314 e. The molecule has 3 rings (SSSR count). The van der Waals surface area contributed by atoms with E-state index >= 15 is 0 Å². The van der Waals surface area contributed by atoms with Gasteiger partial charge in [0.05, 0.1) is 0 Å². The molecule has 0 bridgehead atoms. The summed E-state index contributed by atoms with van der Waals surface area (Å²) in [7, 11) is 0. The lowest BCUT2D eigenvalue weighted by Gasteiger charge is -2.26. The fourth-order valence-electron chi connectivity index (χ4n) is 3.49. The van der Waals surface area contributed by atoms with Crippen LogP contribution in [-0.4, -0.2) is 33.9 Å². The van der Waals surface area contributed by atoms with E-state index in [9.17, 15) is 9.18 Å². The predicted octanol–water partition coefficient (Wildman–Crippen LogP) is 2.96. The number of rotatable bonds is 6. The zero-order valence-corrected chi connectivity index (χ0v) is 16.1. The first-order chi connectivity index (χ1) is 13.0. The van der Waals surface area contributed by atoms with E-state index in [1.54, 1.807) is 12.1 Å². The van der Waals surface area contributed by atoms with E-state index in [-0.39, 0.29) is 11.8 Å². The molecule has 6 nitrogen and oxygen atoms in total. The third kappa shape index (κ3) is 4.84. The lowest BCUT2D eigenvalue weighted by atomic mass is 9.84. The number of hydrogen-bond donors (Lipinski definition) is 2. The lowest BCUT2D eigenvalue weighted by molar-refractivity contribution is 0.238. The summed E-state index contributed by atoms with van der Waals surface area (Å²) >= 11 is 0. The number of fused-ring (bicyclic) bond motifs is 1. The van der Waals surface area contributed by atoms with Crippen molar-refractivity contribution in [3.05, 3.63) is 47.3 Å². The van der Waals surface area contributed by atoms with Crippen molar-refractivity contribution in [3.63, 3.8) is 0 Å². The highest BCUT2D eigenvalue weighted by molar-refractivity contribution is 5.73. The Morgan fingerprint density at radius 3 is 2.81 bits per heavy atom. The topological polar surface area (TPSA) is 71.8 Å². The first-order valence-electron chi connectivity index (χ1n) is 9.65. The zero-order valence-electron chi connectivity index (χ0n) is 16.1. The number of aryl methyl sites for hydroxylation is 1. The van der Waals surface area contributed by atoms with E-state index < -0.39 is 5.41 Å². The Labute approximate surface area is 159 Å². The Hall–Kier alpha value is -2.44. The molecule has 2 aromatic rings. The first-order valence-corrected chi connectivity index (χ1v) is 9.65. The van der Waals surface area contributed by atoms with Gasteiger partial charge in [-0.3, -0.25) is 0 Å². The summed E-state index contributed by atoms with van der Waals surface area (Å²) in [6, 6.07) is 6.42. The number of nitrogens with zero attached hydrogens (tertiary/aromatic N) is 3. The van der Waals surface area contributed by atoms with Crippen LogP contribution in [0.15, 0.2) is 24.3 Å². The van der Waals surface area contributed by atoms with Gasteiger partial charge in [0.2, 0.25) is 0 Å². The first kappa shape index (κ1) is 19.3. The van der Waals surface area contributed by atoms with Crippen molar-refractivity contribution in [2.24, 2.45) is 0 Å². The molecular weight excluding hydrogens is 345 g/mol. The van der Waals surface area contributed by atoms with Crippen LogP contribution in [-0.2, 0) is 24.8 Å². The number of aromatic nitrogens is 3. The van der Waals surface area contributed by atoms with Crippen LogP contribution in [0.4, 0.5) is 9.18 Å². The maximum atomic E-state index is 14.0. The van der Waals surface area contributed by atoms with Crippen molar-refractivity contribution in [1.82, 2.24) is 25.4 Å². The minimum Gasteiger partial charge on any atom is -0.338 e. The molecular formula is C20H28FN5O. The van der Waals surface area contributed by atoms with Gasteiger partial charge in [-0.2, -0.15) is 0 Å². The van der Waals surface area contributed by atoms with Gasteiger partial charge >= 0.3 is 6.03 Å². The molecule has 1 aromatic heterocycles. The molecule has 0 saturated carbocycles. The van der Waals surface area contributed by atoms with Crippen LogP contribution in [0.25, 0.3) is 0 Å². The van der Waals surface area contributed by atoms with Crippen molar-refractivity contribution in [2.75, 3.05) is 13.1 Å². The van der Waals surface area contributed by atoms with E-state index in [1.165, 1.54) is 12.5 Å². The second kappa shape index (κ2) is 8.50. The normalized spacial score (nSPS) is 14.3. The van der Waals surface area contributed by atoms with Crippen molar-refractivity contribution >= 4 is 6.03 Å². The average molecular weight is 373 g/mol. The second-order valence-corrected chi connectivity index (χ2v) is 7.72. The molecule has 27 heavy (non-hydrogen) atoms. The summed E-state index contributed by atoms with van der Waals surface area (Å²) in [6.07, 6.45) is 5.16. The van der Waals surface area contributed by atoms with Crippen molar-refractivity contribution < 1.29 is 9.18 Å². The van der Waals surface area contributed by atoms with E-state index in [1.807, 2.05) is 19.9 Å². The molecule has 0 unspecified atom stereocenters. The van der Waals surface area contributed by atoms with Crippen LogP contribution >= 0.6 is 0 Å². The minimum absolute atomic E-state index is 0.253. The van der Waals surface area contributed by atoms with Crippen LogP contribution in [0.3, 0.4) is 0 Å². The highest BCUT2D eigenvalue weighted by Crippen LogP contribution is 2.24. The van der Waals surface area contributed by atoms with Crippen molar-refractivity contribution in [3.8, 4) is 0 Å². The molecule has 0 radical (unpaired) electrons. The number of hydrogen-bond acceptors (Lipinski definition) is 3. The summed E-state index contributed by atoms with van der Waals surface area (Å²) < 4.78 is 16.2. The van der Waals surface area contributed by atoms with Crippen molar-refractivity contribution in [2.45, 2.75) is 57.9 Å². The standard InChI is InChI=1S/C20H28FN5O/c1-20(2,15-8-5-6-9-16(15)21)14-23-19(27)22-12-11-18-25-24-17-10-4-3-7-13-26(17)18/h5-6,8-9H,3-4,7,10-14H2,1-2H3,(H2,22,23,27). The Bertz CT molecular complexity index is 786. The maximum absolute atomic E-state index is 14.0. The second-order valence-electron chi connectivity index (χ2n) is 7.72. The van der Waals surface area contributed by atoms with Gasteiger partial charge in [0.25, 0.3) is 0 Å². The molecule has 7 heteroatoms. The zero-order chi connectivity index (χ0) is 19.3. The molecule has 0 atom stereocenters. The molecule has 0 spiro atoms. The Morgan fingerprint density at radius 2 is 2.00 bits per heavy atom. The number of carbonyl (C=O) groups is 1. The number of amides is 2. The minimum atomic E-state index is -0.493. The van der Waals surface area contributed by atoms with E-state index in [2.05, 4.69) is 25.4 Å². The molecule has 1 aliphatic heterocycles. The molecule has 2 heterocycles. The van der Waals surface area contributed by atoms with E-state index in [0.29, 0.717) is 25.1 Å². The van der Waals surface area contributed by atoms with Gasteiger partial charge in [0.15, 0.2) is 0 Å².